The molecule has 21 heteroatoms. The van der Waals surface area contributed by atoms with Gasteiger partial charge < -0.3 is 20.3 Å². The van der Waals surface area contributed by atoms with Crippen molar-refractivity contribution in [3.8, 4) is 0 Å². The van der Waals surface area contributed by atoms with Gasteiger partial charge in [-0.25, -0.2) is 27.7 Å². The zero-order valence-electron chi connectivity index (χ0n) is 25.5. The molecule has 0 aromatic carbocycles. The first-order chi connectivity index (χ1) is 21.7. The third kappa shape index (κ3) is 6.22. The average molecular weight is 654 g/mol. The molecule has 0 bridgehead atoms. The number of methoxy groups -OCH3 is 1. The van der Waals surface area contributed by atoms with Gasteiger partial charge in [-0.2, -0.15) is 18.3 Å². The fourth-order valence-electron chi connectivity index (χ4n) is 5.25. The number of nitrogens with one attached hydrogen (secondary N) is 2. The van der Waals surface area contributed by atoms with Crippen molar-refractivity contribution < 1.29 is 40.9 Å². The second kappa shape index (κ2) is 11.8. The Hall–Kier alpha value is -3.63. The van der Waals surface area contributed by atoms with Crippen LogP contribution in [0.25, 0.3) is 5.65 Å². The first-order valence-electron chi connectivity index (χ1n) is 14.4. The monoisotopic (exact) mass is 654 g/mol. The predicted molar refractivity (Wildman–Crippen MR) is 157 cm³/mol. The minimum absolute atomic E-state index is 0.00342. The van der Waals surface area contributed by atoms with Gasteiger partial charge in [0.15, 0.2) is 11.3 Å². The molecule has 4 heterocycles. The molecule has 2 atom stereocenters. The minimum atomic E-state index is -4.53. The van der Waals surface area contributed by atoms with E-state index in [0.717, 1.165) is 26.7 Å². The lowest BCUT2D eigenvalue weighted by Crippen LogP contribution is -2.83. The van der Waals surface area contributed by atoms with Crippen LogP contribution in [0.3, 0.4) is 0 Å². The van der Waals surface area contributed by atoms with Gasteiger partial charge in [-0.05, 0) is 36.9 Å². The second-order valence-electron chi connectivity index (χ2n) is 12.5. The van der Waals surface area contributed by atoms with E-state index in [1.54, 1.807) is 5.32 Å². The molecule has 2 aliphatic rings. The van der Waals surface area contributed by atoms with E-state index >= 15 is 8.78 Å². The van der Waals surface area contributed by atoms with Crippen LogP contribution in [-0.2, 0) is 4.74 Å². The summed E-state index contributed by atoms with van der Waals surface area (Å²) in [7, 11) is 23.7. The van der Waals surface area contributed by atoms with Crippen molar-refractivity contribution in [1.29, 1.82) is 0 Å². The largest absolute Gasteiger partial charge is 0.393 e. The minimum Gasteiger partial charge on any atom is -0.382 e. The summed E-state index contributed by atoms with van der Waals surface area (Å²) in [5, 5.41) is 9.93. The smallest absolute Gasteiger partial charge is 0.382 e. The summed E-state index contributed by atoms with van der Waals surface area (Å²) in [6.45, 7) is 1.69. The van der Waals surface area contributed by atoms with Crippen LogP contribution in [-0.4, -0.2) is 110 Å². The van der Waals surface area contributed by atoms with Crippen LogP contribution in [0.5, 0.6) is 0 Å². The van der Waals surface area contributed by atoms with Gasteiger partial charge in [0.05, 0.1) is 73.6 Å². The molecule has 2 N–H and O–H groups in total. The number of amides is 3. The molecule has 47 heavy (non-hydrogen) atoms. The first-order valence-corrected chi connectivity index (χ1v) is 14.4. The number of urea groups is 1. The Balaban J connectivity index is 1.49. The van der Waals surface area contributed by atoms with Gasteiger partial charge in [0.2, 0.25) is 0 Å². The molecule has 3 aromatic rings. The molecule has 0 unspecified atom stereocenters. The van der Waals surface area contributed by atoms with Gasteiger partial charge >= 0.3 is 12.2 Å². The number of ether oxygens (including phenoxy) is 1. The van der Waals surface area contributed by atoms with Crippen LogP contribution < -0.4 is 10.6 Å². The molecular weight excluding hydrogens is 627 g/mol. The number of hydrogen-bond donors (Lipinski definition) is 2. The van der Waals surface area contributed by atoms with E-state index in [0.29, 0.717) is 10.6 Å². The van der Waals surface area contributed by atoms with Crippen LogP contribution in [0.2, 0.25) is 0 Å². The first kappa shape index (κ1) is 34.7. The maximum absolute atomic E-state index is 15.2. The average Bonchev–Trinajstić information content (AvgIpc) is 3.52. The highest BCUT2D eigenvalue weighted by Gasteiger charge is 2.64. The van der Waals surface area contributed by atoms with Crippen molar-refractivity contribution in [1.82, 2.24) is 40.4 Å². The van der Waals surface area contributed by atoms with Crippen LogP contribution in [0.1, 0.15) is 85.0 Å². The Kier molecular flexibility index (Phi) is 8.72. The molecule has 242 valence electrons. The summed E-state index contributed by atoms with van der Waals surface area (Å²) >= 11 is 0. The zero-order chi connectivity index (χ0) is 34.7. The highest BCUT2D eigenvalue weighted by Crippen LogP contribution is 2.45. The number of carbonyl (C=O) groups excluding carboxylic acids is 2. The van der Waals surface area contributed by atoms with E-state index in [1.165, 1.54) is 30.1 Å². The highest BCUT2D eigenvalue weighted by molar-refractivity contribution is 6.48. The van der Waals surface area contributed by atoms with Crippen molar-refractivity contribution in [2.45, 2.75) is 80.3 Å². The van der Waals surface area contributed by atoms with Crippen LogP contribution in [0, 0.1) is 5.41 Å². The maximum Gasteiger partial charge on any atom is 0.393 e. The molecule has 12 nitrogen and oxygen atoms in total. The van der Waals surface area contributed by atoms with Crippen molar-refractivity contribution in [2.24, 2.45) is 5.41 Å². The van der Waals surface area contributed by atoms with Crippen molar-refractivity contribution >= 4 is 49.0 Å². The molecule has 1 aliphatic heterocycles. The van der Waals surface area contributed by atoms with E-state index in [9.17, 15) is 22.8 Å². The van der Waals surface area contributed by atoms with Crippen LogP contribution in [0.4, 0.5) is 26.7 Å². The third-order valence-corrected chi connectivity index (χ3v) is 8.52. The third-order valence-electron chi connectivity index (χ3n) is 8.52. The van der Waals surface area contributed by atoms with E-state index in [-0.39, 0.29) is 34.9 Å². The number of carbonyl (C=O) groups is 2. The summed E-state index contributed by atoms with van der Waals surface area (Å²) in [4.78, 5) is 31.1. The van der Waals surface area contributed by atoms with E-state index in [1.807, 2.05) is 0 Å². The van der Waals surface area contributed by atoms with E-state index < -0.39 is 65.2 Å². The standard InChI is InChI=1S/C26H27B4F5N8O4/c1-22(2,26(33,34)35)7-6-14(38-20(44)19-18(12-4-5-12)40-47-41-19)15-10-42-17(37-15)8-13(9-36-42)16(11-46-3)43-21(45)39-24(27,28)23(31,32)25(43,29)30/h8-10,12,14,16H,4-7,11H2,1-3H3,(H,38,44)(H,39,45)/t14-,16+/m0/s1. The lowest BCUT2D eigenvalue weighted by Gasteiger charge is -2.58. The number of fused-ring (bicyclic) bond motifs is 1. The number of rotatable bonds is 11. The molecule has 3 aromatic heterocycles. The Labute approximate surface area is 270 Å². The highest BCUT2D eigenvalue weighted by atomic mass is 19.4. The van der Waals surface area contributed by atoms with Gasteiger partial charge in [-0.15, -0.1) is 0 Å². The van der Waals surface area contributed by atoms with E-state index in [4.69, 9.17) is 40.8 Å². The van der Waals surface area contributed by atoms with Gasteiger partial charge in [0.1, 0.15) is 5.69 Å². The summed E-state index contributed by atoms with van der Waals surface area (Å²) < 4.78 is 82.8. The molecule has 2 fully saturated rings. The topological polar surface area (TPSA) is 140 Å². The molecule has 0 spiro atoms. The summed E-state index contributed by atoms with van der Waals surface area (Å²) in [5.74, 6) is -4.98. The molecule has 5 rings (SSSR count). The Bertz CT molecular complexity index is 1660. The van der Waals surface area contributed by atoms with Crippen molar-refractivity contribution in [2.75, 3.05) is 13.7 Å². The molecule has 8 radical (unpaired) electrons. The predicted octanol–water partition coefficient (Wildman–Crippen LogP) is 2.16. The fourth-order valence-corrected chi connectivity index (χ4v) is 5.25. The molecular formula is C26H27B4F5N8O4. The number of alkyl halides is 5. The summed E-state index contributed by atoms with van der Waals surface area (Å²) in [6, 6.07) is -2.31. The normalized spacial score (nSPS) is 20.5. The SMILES string of the molecule is [B]C1([B])NC(=O)N([C@H](COC)c2cnn3cc([C@H](CCC(C)(C)C(F)(F)F)NC(=O)c4nonc4C4CC4)nc3c2)C([B])([B])C1(F)F. The fraction of sp³-hybridized carbons (Fsp3) is 0.615. The Morgan fingerprint density at radius 3 is 2.51 bits per heavy atom. The Morgan fingerprint density at radius 2 is 1.89 bits per heavy atom. The zero-order valence-corrected chi connectivity index (χ0v) is 25.5. The van der Waals surface area contributed by atoms with Gasteiger partial charge in [-0.1, -0.05) is 19.0 Å². The molecule has 1 saturated heterocycles. The van der Waals surface area contributed by atoms with Gasteiger partial charge in [-0.3, -0.25) is 4.79 Å². The van der Waals surface area contributed by atoms with Gasteiger partial charge in [0, 0.05) is 29.3 Å². The number of nitrogens with zero attached hydrogens (tertiary/aromatic N) is 6. The van der Waals surface area contributed by atoms with Crippen molar-refractivity contribution in [3.05, 3.63) is 41.1 Å². The number of aromatic nitrogens is 5. The van der Waals surface area contributed by atoms with Crippen molar-refractivity contribution in [3.63, 3.8) is 0 Å². The number of hydrogen-bond acceptors (Lipinski definition) is 8. The maximum atomic E-state index is 15.2. The summed E-state index contributed by atoms with van der Waals surface area (Å²) in [5.41, 5.74) is -1.55. The second-order valence-corrected chi connectivity index (χ2v) is 12.5. The van der Waals surface area contributed by atoms with Crippen LogP contribution >= 0.6 is 0 Å². The molecule has 1 aliphatic carbocycles. The number of imidazole rings is 1. The van der Waals surface area contributed by atoms with E-state index in [2.05, 4.69) is 25.7 Å². The quantitative estimate of drug-likeness (QED) is 0.237. The van der Waals surface area contributed by atoms with Gasteiger partial charge in [0.25, 0.3) is 11.8 Å². The molecule has 3 amide bonds. The summed E-state index contributed by atoms with van der Waals surface area (Å²) in [6.07, 6.45) is -0.964. The molecule has 1 saturated carbocycles. The lowest BCUT2D eigenvalue weighted by atomic mass is 9.43. The Morgan fingerprint density at radius 1 is 1.21 bits per heavy atom. The van der Waals surface area contributed by atoms with Crippen LogP contribution in [0.15, 0.2) is 23.1 Å². The lowest BCUT2D eigenvalue weighted by molar-refractivity contribution is -0.214. The number of halogens is 5.